The standard InChI is InChI=1S/C11H14ClNO2/c1-7(2)9(11(14)15)5-8-3-4-13-6-10(8)12/h3-4,6-7,9H,5H2,1-2H3,(H,14,15). The minimum atomic E-state index is -0.780. The number of carbonyl (C=O) groups is 1. The average Bonchev–Trinajstić information content (AvgIpc) is 2.15. The molecule has 1 aromatic rings. The second kappa shape index (κ2) is 5.12. The number of pyridine rings is 1. The monoisotopic (exact) mass is 227 g/mol. The van der Waals surface area contributed by atoms with Crippen LogP contribution in [0.4, 0.5) is 0 Å². The Hall–Kier alpha value is -1.09. The number of aromatic nitrogens is 1. The van der Waals surface area contributed by atoms with E-state index in [1.54, 1.807) is 12.3 Å². The lowest BCUT2D eigenvalue weighted by molar-refractivity contribution is -0.143. The molecule has 1 rings (SSSR count). The largest absolute Gasteiger partial charge is 0.481 e. The Morgan fingerprint density at radius 2 is 2.27 bits per heavy atom. The van der Waals surface area contributed by atoms with Gasteiger partial charge in [0.25, 0.3) is 0 Å². The van der Waals surface area contributed by atoms with Crippen LogP contribution in [-0.4, -0.2) is 16.1 Å². The van der Waals surface area contributed by atoms with Crippen LogP contribution in [0.25, 0.3) is 0 Å². The number of hydrogen-bond acceptors (Lipinski definition) is 2. The molecular formula is C11H14ClNO2. The van der Waals surface area contributed by atoms with Crippen LogP contribution in [0.1, 0.15) is 19.4 Å². The summed E-state index contributed by atoms with van der Waals surface area (Å²) >= 11 is 5.92. The summed E-state index contributed by atoms with van der Waals surface area (Å²) < 4.78 is 0. The molecule has 0 saturated carbocycles. The Morgan fingerprint density at radius 3 is 2.73 bits per heavy atom. The van der Waals surface area contributed by atoms with Gasteiger partial charge in [-0.1, -0.05) is 25.4 Å². The first kappa shape index (κ1) is 12.0. The Balaban J connectivity index is 2.84. The molecule has 0 aliphatic rings. The summed E-state index contributed by atoms with van der Waals surface area (Å²) in [7, 11) is 0. The SMILES string of the molecule is CC(C)C(Cc1ccncc1Cl)C(=O)O. The summed E-state index contributed by atoms with van der Waals surface area (Å²) in [6, 6.07) is 1.76. The van der Waals surface area contributed by atoms with E-state index in [0.29, 0.717) is 11.4 Å². The number of nitrogens with zero attached hydrogens (tertiary/aromatic N) is 1. The minimum Gasteiger partial charge on any atom is -0.481 e. The van der Waals surface area contributed by atoms with Gasteiger partial charge in [0.15, 0.2) is 0 Å². The number of rotatable bonds is 4. The fraction of sp³-hybridized carbons (Fsp3) is 0.455. The lowest BCUT2D eigenvalue weighted by atomic mass is 9.90. The Labute approximate surface area is 94.1 Å². The van der Waals surface area contributed by atoms with E-state index in [4.69, 9.17) is 16.7 Å². The van der Waals surface area contributed by atoms with E-state index in [1.807, 2.05) is 13.8 Å². The van der Waals surface area contributed by atoms with Crippen molar-refractivity contribution in [1.82, 2.24) is 4.98 Å². The van der Waals surface area contributed by atoms with Gasteiger partial charge < -0.3 is 5.11 Å². The van der Waals surface area contributed by atoms with Gasteiger partial charge >= 0.3 is 5.97 Å². The first-order chi connectivity index (χ1) is 7.02. The highest BCUT2D eigenvalue weighted by Gasteiger charge is 2.22. The highest BCUT2D eigenvalue weighted by atomic mass is 35.5. The molecule has 1 atom stereocenters. The van der Waals surface area contributed by atoms with E-state index in [2.05, 4.69) is 4.98 Å². The molecule has 3 nitrogen and oxygen atoms in total. The molecule has 4 heteroatoms. The summed E-state index contributed by atoms with van der Waals surface area (Å²) in [5.41, 5.74) is 0.841. The Morgan fingerprint density at radius 1 is 1.60 bits per heavy atom. The number of carboxylic acid groups (broad SMARTS) is 1. The molecule has 82 valence electrons. The van der Waals surface area contributed by atoms with Crippen LogP contribution in [0.15, 0.2) is 18.5 Å². The molecule has 1 aromatic heterocycles. The quantitative estimate of drug-likeness (QED) is 0.860. The molecule has 0 aliphatic carbocycles. The van der Waals surface area contributed by atoms with Gasteiger partial charge in [-0.05, 0) is 24.0 Å². The van der Waals surface area contributed by atoms with Crippen molar-refractivity contribution in [1.29, 1.82) is 0 Å². The predicted octanol–water partition coefficient (Wildman–Crippen LogP) is 2.63. The normalized spacial score (nSPS) is 12.8. The van der Waals surface area contributed by atoms with Crippen LogP contribution < -0.4 is 0 Å². The van der Waals surface area contributed by atoms with Gasteiger partial charge in [-0.3, -0.25) is 9.78 Å². The predicted molar refractivity (Wildman–Crippen MR) is 58.9 cm³/mol. The van der Waals surface area contributed by atoms with Crippen LogP contribution in [0.5, 0.6) is 0 Å². The number of aliphatic carboxylic acids is 1. The van der Waals surface area contributed by atoms with Crippen molar-refractivity contribution in [3.8, 4) is 0 Å². The van der Waals surface area contributed by atoms with Crippen LogP contribution in [0, 0.1) is 11.8 Å². The van der Waals surface area contributed by atoms with E-state index in [0.717, 1.165) is 5.56 Å². The third-order valence-electron chi connectivity index (χ3n) is 2.42. The summed E-state index contributed by atoms with van der Waals surface area (Å²) in [5.74, 6) is -1.09. The van der Waals surface area contributed by atoms with E-state index < -0.39 is 11.9 Å². The summed E-state index contributed by atoms with van der Waals surface area (Å²) in [6.07, 6.45) is 3.62. The Bertz CT molecular complexity index is 352. The van der Waals surface area contributed by atoms with Crippen molar-refractivity contribution in [3.63, 3.8) is 0 Å². The molecule has 1 N–H and O–H groups in total. The molecule has 15 heavy (non-hydrogen) atoms. The van der Waals surface area contributed by atoms with Crippen LogP contribution >= 0.6 is 11.6 Å². The lowest BCUT2D eigenvalue weighted by Crippen LogP contribution is -2.22. The van der Waals surface area contributed by atoms with Gasteiger partial charge in [-0.15, -0.1) is 0 Å². The Kier molecular flexibility index (Phi) is 4.09. The third-order valence-corrected chi connectivity index (χ3v) is 2.76. The second-order valence-electron chi connectivity index (χ2n) is 3.86. The molecular weight excluding hydrogens is 214 g/mol. The minimum absolute atomic E-state index is 0.0896. The van der Waals surface area contributed by atoms with Crippen molar-refractivity contribution in [2.75, 3.05) is 0 Å². The van der Waals surface area contributed by atoms with Gasteiger partial charge in [0.1, 0.15) is 0 Å². The molecule has 0 spiro atoms. The summed E-state index contributed by atoms with van der Waals surface area (Å²) in [6.45, 7) is 3.79. The maximum atomic E-state index is 11.0. The maximum absolute atomic E-state index is 11.0. The van der Waals surface area contributed by atoms with Crippen LogP contribution in [0.3, 0.4) is 0 Å². The van der Waals surface area contributed by atoms with E-state index >= 15 is 0 Å². The number of carboxylic acids is 1. The topological polar surface area (TPSA) is 50.2 Å². The maximum Gasteiger partial charge on any atom is 0.307 e. The first-order valence-electron chi connectivity index (χ1n) is 4.83. The van der Waals surface area contributed by atoms with Gasteiger partial charge in [0.05, 0.1) is 10.9 Å². The van der Waals surface area contributed by atoms with E-state index in [9.17, 15) is 4.79 Å². The molecule has 0 aliphatic heterocycles. The molecule has 0 fully saturated rings. The molecule has 0 amide bonds. The zero-order valence-electron chi connectivity index (χ0n) is 8.77. The third kappa shape index (κ3) is 3.20. The molecule has 0 aromatic carbocycles. The highest BCUT2D eigenvalue weighted by molar-refractivity contribution is 6.31. The number of halogens is 1. The molecule has 0 saturated heterocycles. The zero-order valence-corrected chi connectivity index (χ0v) is 9.53. The van der Waals surface area contributed by atoms with E-state index in [-0.39, 0.29) is 5.92 Å². The van der Waals surface area contributed by atoms with Crippen molar-refractivity contribution in [2.45, 2.75) is 20.3 Å². The zero-order chi connectivity index (χ0) is 11.4. The second-order valence-corrected chi connectivity index (χ2v) is 4.27. The van der Waals surface area contributed by atoms with Crippen molar-refractivity contribution < 1.29 is 9.90 Å². The van der Waals surface area contributed by atoms with Crippen molar-refractivity contribution in [2.24, 2.45) is 11.8 Å². The van der Waals surface area contributed by atoms with Gasteiger partial charge in [-0.25, -0.2) is 0 Å². The molecule has 1 unspecified atom stereocenters. The van der Waals surface area contributed by atoms with Gasteiger partial charge in [0.2, 0.25) is 0 Å². The lowest BCUT2D eigenvalue weighted by Gasteiger charge is -2.16. The van der Waals surface area contributed by atoms with Gasteiger partial charge in [0, 0.05) is 12.4 Å². The highest BCUT2D eigenvalue weighted by Crippen LogP contribution is 2.22. The van der Waals surface area contributed by atoms with Crippen molar-refractivity contribution >= 4 is 17.6 Å². The molecule has 0 radical (unpaired) electrons. The molecule has 1 heterocycles. The average molecular weight is 228 g/mol. The fourth-order valence-corrected chi connectivity index (χ4v) is 1.61. The first-order valence-corrected chi connectivity index (χ1v) is 5.21. The fourth-order valence-electron chi connectivity index (χ4n) is 1.41. The van der Waals surface area contributed by atoms with Crippen LogP contribution in [0.2, 0.25) is 5.02 Å². The van der Waals surface area contributed by atoms with E-state index in [1.165, 1.54) is 6.20 Å². The van der Waals surface area contributed by atoms with Crippen molar-refractivity contribution in [3.05, 3.63) is 29.0 Å². The smallest absolute Gasteiger partial charge is 0.307 e. The summed E-state index contributed by atoms with van der Waals surface area (Å²) in [4.78, 5) is 14.9. The van der Waals surface area contributed by atoms with Gasteiger partial charge in [-0.2, -0.15) is 0 Å². The van der Waals surface area contributed by atoms with Crippen LogP contribution in [-0.2, 0) is 11.2 Å². The molecule has 0 bridgehead atoms. The summed E-state index contributed by atoms with van der Waals surface area (Å²) in [5, 5.41) is 9.57. The number of hydrogen-bond donors (Lipinski definition) is 1.